The number of nitrogens with one attached hydrogen (secondary N) is 1. The van der Waals surface area contributed by atoms with E-state index in [4.69, 9.17) is 0 Å². The molecule has 2 aromatic carbocycles. The number of aromatic nitrogens is 1. The molecule has 0 aliphatic rings. The molecule has 0 bridgehead atoms. The first kappa shape index (κ1) is 16.6. The van der Waals surface area contributed by atoms with Crippen LogP contribution in [0.5, 0.6) is 0 Å². The Morgan fingerprint density at radius 2 is 1.88 bits per heavy atom. The van der Waals surface area contributed by atoms with Crippen LogP contribution in [0.25, 0.3) is 17.3 Å². The third kappa shape index (κ3) is 3.97. The number of nitrogens with zero attached hydrogens (tertiary/aromatic N) is 2. The van der Waals surface area contributed by atoms with Crippen LogP contribution in [0, 0.1) is 17.1 Å². The van der Waals surface area contributed by atoms with Crippen molar-refractivity contribution in [2.24, 2.45) is 0 Å². The molecule has 25 heavy (non-hydrogen) atoms. The molecule has 0 saturated heterocycles. The van der Waals surface area contributed by atoms with Gasteiger partial charge in [-0.15, -0.1) is 11.3 Å². The number of hydrogen-bond donors (Lipinski definition) is 1. The summed E-state index contributed by atoms with van der Waals surface area (Å²) in [6, 6.07) is 17.3. The fourth-order valence-electron chi connectivity index (χ4n) is 2.13. The van der Waals surface area contributed by atoms with Gasteiger partial charge >= 0.3 is 0 Å². The highest BCUT2D eigenvalue weighted by atomic mass is 32.1. The molecule has 0 aliphatic heterocycles. The van der Waals surface area contributed by atoms with E-state index in [1.165, 1.54) is 29.5 Å². The summed E-state index contributed by atoms with van der Waals surface area (Å²) in [5.41, 5.74) is 1.65. The van der Waals surface area contributed by atoms with Crippen LogP contribution in [0.4, 0.5) is 9.52 Å². The Bertz CT molecular complexity index is 974. The molecule has 0 aliphatic carbocycles. The van der Waals surface area contributed by atoms with E-state index >= 15 is 0 Å². The van der Waals surface area contributed by atoms with Crippen molar-refractivity contribution in [3.05, 3.63) is 76.9 Å². The Morgan fingerprint density at radius 1 is 1.16 bits per heavy atom. The second-order valence-corrected chi connectivity index (χ2v) is 5.91. The molecule has 122 valence electrons. The van der Waals surface area contributed by atoms with Gasteiger partial charge in [-0.1, -0.05) is 48.5 Å². The van der Waals surface area contributed by atoms with Gasteiger partial charge in [0.25, 0.3) is 5.91 Å². The summed E-state index contributed by atoms with van der Waals surface area (Å²) in [6.45, 7) is 0. The van der Waals surface area contributed by atoms with Crippen molar-refractivity contribution in [2.45, 2.75) is 0 Å². The Hall–Kier alpha value is -3.30. The van der Waals surface area contributed by atoms with Crippen LogP contribution in [0.2, 0.25) is 0 Å². The lowest BCUT2D eigenvalue weighted by atomic mass is 10.1. The predicted octanol–water partition coefficient (Wildman–Crippen LogP) is 4.49. The van der Waals surface area contributed by atoms with E-state index in [9.17, 15) is 14.4 Å². The van der Waals surface area contributed by atoms with E-state index in [-0.39, 0.29) is 11.1 Å². The van der Waals surface area contributed by atoms with Gasteiger partial charge in [0, 0.05) is 16.5 Å². The summed E-state index contributed by atoms with van der Waals surface area (Å²) in [5.74, 6) is -1.12. The van der Waals surface area contributed by atoms with Gasteiger partial charge in [-0.05, 0) is 12.1 Å². The third-order valence-electron chi connectivity index (χ3n) is 3.36. The van der Waals surface area contributed by atoms with Gasteiger partial charge in [-0.25, -0.2) is 9.37 Å². The Balaban J connectivity index is 1.79. The number of benzene rings is 2. The number of halogens is 1. The maximum Gasteiger partial charge on any atom is 0.268 e. The molecule has 4 nitrogen and oxygen atoms in total. The van der Waals surface area contributed by atoms with Crippen molar-refractivity contribution in [2.75, 3.05) is 5.32 Å². The Kier molecular flexibility index (Phi) is 4.97. The minimum atomic E-state index is -0.625. The number of carbonyl (C=O) groups excluding carboxylic acids is 1. The standard InChI is InChI=1S/C19H12FN3OS/c20-16-9-5-4-8-14(16)10-15(11-21)18(24)23-19-22-17(12-25-19)13-6-2-1-3-7-13/h1-10,12H,(H,22,23,24)/b15-10+. The molecule has 0 radical (unpaired) electrons. The summed E-state index contributed by atoms with van der Waals surface area (Å²) in [7, 11) is 0. The van der Waals surface area contributed by atoms with E-state index < -0.39 is 11.7 Å². The number of nitriles is 1. The second kappa shape index (κ2) is 7.51. The average Bonchev–Trinajstić information content (AvgIpc) is 3.10. The van der Waals surface area contributed by atoms with Crippen LogP contribution in [-0.2, 0) is 4.79 Å². The Morgan fingerprint density at radius 3 is 2.60 bits per heavy atom. The van der Waals surface area contributed by atoms with Crippen molar-refractivity contribution >= 4 is 28.5 Å². The first-order chi connectivity index (χ1) is 12.2. The normalized spacial score (nSPS) is 11.0. The first-order valence-corrected chi connectivity index (χ1v) is 8.24. The number of amides is 1. The van der Waals surface area contributed by atoms with Crippen LogP contribution in [-0.4, -0.2) is 10.9 Å². The number of hydrogen-bond acceptors (Lipinski definition) is 4. The smallest absolute Gasteiger partial charge is 0.268 e. The van der Waals surface area contributed by atoms with Crippen LogP contribution >= 0.6 is 11.3 Å². The van der Waals surface area contributed by atoms with Gasteiger partial charge in [0.05, 0.1) is 5.69 Å². The molecule has 0 fully saturated rings. The summed E-state index contributed by atoms with van der Waals surface area (Å²) in [4.78, 5) is 16.6. The molecular formula is C19H12FN3OS. The molecule has 1 aromatic heterocycles. The molecule has 3 rings (SSSR count). The van der Waals surface area contributed by atoms with Gasteiger partial charge in [-0.2, -0.15) is 5.26 Å². The fraction of sp³-hybridized carbons (Fsp3) is 0. The fourth-order valence-corrected chi connectivity index (χ4v) is 2.85. The molecule has 1 N–H and O–H groups in total. The molecular weight excluding hydrogens is 337 g/mol. The summed E-state index contributed by atoms with van der Waals surface area (Å²) in [6.07, 6.45) is 1.22. The maximum absolute atomic E-state index is 13.7. The SMILES string of the molecule is N#C/C(=C\c1ccccc1F)C(=O)Nc1nc(-c2ccccc2)cs1. The highest BCUT2D eigenvalue weighted by molar-refractivity contribution is 7.14. The van der Waals surface area contributed by atoms with Crippen molar-refractivity contribution in [3.63, 3.8) is 0 Å². The van der Waals surface area contributed by atoms with Crippen LogP contribution in [0.1, 0.15) is 5.56 Å². The highest BCUT2D eigenvalue weighted by Crippen LogP contribution is 2.25. The lowest BCUT2D eigenvalue weighted by Crippen LogP contribution is -2.13. The molecule has 0 saturated carbocycles. The molecule has 0 spiro atoms. The van der Waals surface area contributed by atoms with Gasteiger partial charge in [0.2, 0.25) is 0 Å². The van der Waals surface area contributed by atoms with Crippen molar-refractivity contribution in [1.82, 2.24) is 4.98 Å². The van der Waals surface area contributed by atoms with Crippen LogP contribution in [0.15, 0.2) is 65.6 Å². The monoisotopic (exact) mass is 349 g/mol. The molecule has 0 atom stereocenters. The van der Waals surface area contributed by atoms with E-state index in [2.05, 4.69) is 10.3 Å². The van der Waals surface area contributed by atoms with Gasteiger partial charge in [-0.3, -0.25) is 10.1 Å². The maximum atomic E-state index is 13.7. The van der Waals surface area contributed by atoms with Gasteiger partial charge < -0.3 is 0 Å². The van der Waals surface area contributed by atoms with E-state index in [0.29, 0.717) is 5.13 Å². The molecule has 3 aromatic rings. The molecule has 6 heteroatoms. The third-order valence-corrected chi connectivity index (χ3v) is 4.12. The zero-order valence-electron chi connectivity index (χ0n) is 12.9. The zero-order valence-corrected chi connectivity index (χ0v) is 13.8. The van der Waals surface area contributed by atoms with E-state index in [1.807, 2.05) is 35.7 Å². The quantitative estimate of drug-likeness (QED) is 0.557. The minimum Gasteiger partial charge on any atom is -0.297 e. The minimum absolute atomic E-state index is 0.179. The highest BCUT2D eigenvalue weighted by Gasteiger charge is 2.13. The average molecular weight is 349 g/mol. The first-order valence-electron chi connectivity index (χ1n) is 7.36. The molecule has 1 heterocycles. The molecule has 0 unspecified atom stereocenters. The summed E-state index contributed by atoms with van der Waals surface area (Å²) < 4.78 is 13.7. The second-order valence-electron chi connectivity index (χ2n) is 5.05. The van der Waals surface area contributed by atoms with Crippen LogP contribution in [0.3, 0.4) is 0 Å². The van der Waals surface area contributed by atoms with Crippen molar-refractivity contribution < 1.29 is 9.18 Å². The lowest BCUT2D eigenvalue weighted by molar-refractivity contribution is -0.112. The van der Waals surface area contributed by atoms with E-state index in [0.717, 1.165) is 11.3 Å². The predicted molar refractivity (Wildman–Crippen MR) is 96.2 cm³/mol. The van der Waals surface area contributed by atoms with Crippen molar-refractivity contribution in [1.29, 1.82) is 5.26 Å². The van der Waals surface area contributed by atoms with E-state index in [1.54, 1.807) is 18.2 Å². The lowest BCUT2D eigenvalue weighted by Gasteiger charge is -2.01. The molecule has 1 amide bonds. The summed E-state index contributed by atoms with van der Waals surface area (Å²) >= 11 is 1.26. The largest absolute Gasteiger partial charge is 0.297 e. The van der Waals surface area contributed by atoms with Crippen molar-refractivity contribution in [3.8, 4) is 17.3 Å². The number of anilines is 1. The Labute approximate surface area is 147 Å². The topological polar surface area (TPSA) is 65.8 Å². The number of thiazole rings is 1. The zero-order chi connectivity index (χ0) is 17.6. The number of carbonyl (C=O) groups is 1. The number of rotatable bonds is 4. The van der Waals surface area contributed by atoms with Gasteiger partial charge in [0.1, 0.15) is 17.5 Å². The van der Waals surface area contributed by atoms with Crippen LogP contribution < -0.4 is 5.32 Å². The van der Waals surface area contributed by atoms with Gasteiger partial charge in [0.15, 0.2) is 5.13 Å². The summed E-state index contributed by atoms with van der Waals surface area (Å²) in [5, 5.41) is 14.0.